The maximum absolute atomic E-state index is 3.26. The number of aryl methyl sites for hydroxylation is 2. The van der Waals surface area contributed by atoms with Crippen LogP contribution in [0.5, 0.6) is 0 Å². The van der Waals surface area contributed by atoms with E-state index in [1.807, 2.05) is 12.2 Å². The average molecular weight is 505 g/mol. The van der Waals surface area contributed by atoms with Crippen molar-refractivity contribution in [3.63, 3.8) is 0 Å². The van der Waals surface area contributed by atoms with Gasteiger partial charge in [-0.25, -0.2) is 17.7 Å². The summed E-state index contributed by atoms with van der Waals surface area (Å²) in [4.78, 5) is 0. The van der Waals surface area contributed by atoms with Gasteiger partial charge in [-0.3, -0.25) is 12.2 Å². The summed E-state index contributed by atoms with van der Waals surface area (Å²) in [5.74, 6) is 0. The molecular formula is C29H37SiZr. The minimum absolute atomic E-state index is 0. The quantitative estimate of drug-likeness (QED) is 0.296. The van der Waals surface area contributed by atoms with Gasteiger partial charge in [0.2, 0.25) is 0 Å². The van der Waals surface area contributed by atoms with Crippen LogP contribution in [0, 0.1) is 12.2 Å². The Morgan fingerprint density at radius 2 is 1.29 bits per heavy atom. The molecule has 0 amide bonds. The van der Waals surface area contributed by atoms with Crippen molar-refractivity contribution in [3.05, 3.63) is 119 Å². The predicted octanol–water partition coefficient (Wildman–Crippen LogP) is 7.77. The van der Waals surface area contributed by atoms with Crippen molar-refractivity contribution >= 4 is 9.52 Å². The number of benzene rings is 2. The predicted molar refractivity (Wildman–Crippen MR) is 136 cm³/mol. The maximum Gasteiger partial charge on any atom is 2.00 e. The SMILES string of the molecule is CC1=[C-]CC(C)=C1C.C[SiH]C.[C-]1=CC=CC1.[Zr+2].c1ccc(CCc2ccccc2)cc1. The van der Waals surface area contributed by atoms with E-state index in [-0.39, 0.29) is 26.2 Å². The van der Waals surface area contributed by atoms with Crippen molar-refractivity contribution in [2.45, 2.75) is 59.5 Å². The van der Waals surface area contributed by atoms with Crippen molar-refractivity contribution in [2.75, 3.05) is 0 Å². The molecular weight excluding hydrogens is 468 g/mol. The third-order valence-electron chi connectivity index (χ3n) is 4.80. The minimum Gasteiger partial charge on any atom is -0.273 e. The maximum atomic E-state index is 3.26. The smallest absolute Gasteiger partial charge is 0.273 e. The normalized spacial score (nSPS) is 13.0. The van der Waals surface area contributed by atoms with Gasteiger partial charge in [0.1, 0.15) is 0 Å². The molecule has 0 N–H and O–H groups in total. The zero-order chi connectivity index (χ0) is 22.0. The zero-order valence-electron chi connectivity index (χ0n) is 19.9. The van der Waals surface area contributed by atoms with Crippen molar-refractivity contribution in [1.82, 2.24) is 0 Å². The van der Waals surface area contributed by atoms with Crippen LogP contribution in [0.25, 0.3) is 0 Å². The molecule has 0 bridgehead atoms. The molecule has 2 aromatic rings. The van der Waals surface area contributed by atoms with Gasteiger partial charge in [-0.2, -0.15) is 17.2 Å². The fraction of sp³-hybridized carbons (Fsp3) is 0.310. The second-order valence-corrected chi connectivity index (χ2v) is 8.59. The zero-order valence-corrected chi connectivity index (χ0v) is 23.5. The van der Waals surface area contributed by atoms with Crippen LogP contribution in [0.1, 0.15) is 44.7 Å². The Labute approximate surface area is 213 Å². The van der Waals surface area contributed by atoms with E-state index in [4.69, 9.17) is 0 Å². The molecule has 0 saturated carbocycles. The fourth-order valence-corrected chi connectivity index (χ4v) is 2.77. The Hall–Kier alpha value is -1.50. The van der Waals surface area contributed by atoms with E-state index >= 15 is 0 Å². The molecule has 0 aliphatic heterocycles. The van der Waals surface area contributed by atoms with Crippen molar-refractivity contribution in [1.29, 1.82) is 0 Å². The van der Waals surface area contributed by atoms with Gasteiger partial charge in [-0.15, -0.1) is 19.8 Å². The van der Waals surface area contributed by atoms with E-state index in [1.54, 1.807) is 0 Å². The molecule has 31 heavy (non-hydrogen) atoms. The summed E-state index contributed by atoms with van der Waals surface area (Å²) < 4.78 is 0. The molecule has 1 radical (unpaired) electrons. The van der Waals surface area contributed by atoms with Gasteiger partial charge < -0.3 is 0 Å². The molecule has 0 spiro atoms. The largest absolute Gasteiger partial charge is 2.00 e. The molecule has 2 aliphatic carbocycles. The second kappa shape index (κ2) is 19.2. The summed E-state index contributed by atoms with van der Waals surface area (Å²) >= 11 is 0. The van der Waals surface area contributed by atoms with E-state index in [9.17, 15) is 0 Å². The molecule has 4 rings (SSSR count). The van der Waals surface area contributed by atoms with Gasteiger partial charge in [0.15, 0.2) is 0 Å². The van der Waals surface area contributed by atoms with Crippen LogP contribution in [0.2, 0.25) is 13.1 Å². The van der Waals surface area contributed by atoms with Crippen molar-refractivity contribution in [2.24, 2.45) is 0 Å². The molecule has 0 fully saturated rings. The van der Waals surface area contributed by atoms with Crippen molar-refractivity contribution in [3.8, 4) is 0 Å². The number of hydrogen-bond donors (Lipinski definition) is 0. The van der Waals surface area contributed by atoms with Gasteiger partial charge >= 0.3 is 26.2 Å². The van der Waals surface area contributed by atoms with E-state index in [1.165, 1.54) is 27.8 Å². The minimum atomic E-state index is 0. The molecule has 0 saturated heterocycles. The topological polar surface area (TPSA) is 0 Å². The van der Waals surface area contributed by atoms with Gasteiger partial charge in [-0.05, 0) is 24.0 Å². The van der Waals surface area contributed by atoms with Crippen LogP contribution in [-0.4, -0.2) is 9.52 Å². The first-order valence-corrected chi connectivity index (χ1v) is 13.2. The molecule has 0 aromatic heterocycles. The Bertz CT molecular complexity index is 759. The van der Waals surface area contributed by atoms with Gasteiger partial charge in [-0.1, -0.05) is 87.6 Å². The molecule has 0 heterocycles. The number of allylic oxidation sites excluding steroid dienone is 8. The van der Waals surface area contributed by atoms with Crippen LogP contribution < -0.4 is 0 Å². The Balaban J connectivity index is 0.000000448. The Morgan fingerprint density at radius 3 is 1.52 bits per heavy atom. The van der Waals surface area contributed by atoms with Crippen LogP contribution in [0.15, 0.2) is 95.6 Å². The van der Waals surface area contributed by atoms with Crippen molar-refractivity contribution < 1.29 is 26.2 Å². The molecule has 0 atom stereocenters. The summed E-state index contributed by atoms with van der Waals surface area (Å²) in [5.41, 5.74) is 7.07. The first-order chi connectivity index (χ1) is 14.6. The van der Waals surface area contributed by atoms with Crippen LogP contribution in [0.4, 0.5) is 0 Å². The van der Waals surface area contributed by atoms with Crippen LogP contribution >= 0.6 is 0 Å². The van der Waals surface area contributed by atoms with Crippen LogP contribution in [0.3, 0.4) is 0 Å². The molecule has 2 aliphatic rings. The van der Waals surface area contributed by atoms with Gasteiger partial charge in [0.25, 0.3) is 0 Å². The first-order valence-electron chi connectivity index (χ1n) is 10.9. The third-order valence-corrected chi connectivity index (χ3v) is 4.80. The molecule has 0 unspecified atom stereocenters. The van der Waals surface area contributed by atoms with E-state index < -0.39 is 0 Å². The standard InChI is InChI=1S/C14H14.C8H11.C5H5.C2H7Si.Zr/c1-3-7-13(8-4-1)11-12-14-9-5-2-6-10-14;1-6-4-5-7(2)8(6)3;1-2-4-5-3-1;1-3-2;/h1-10H,11-12H2;4H2,1-3H3;1-3H,4H2;3H,1-2H3;/q;2*-1;;+2. The molecule has 2 aromatic carbocycles. The van der Waals surface area contributed by atoms with E-state index in [2.05, 4.69) is 113 Å². The van der Waals surface area contributed by atoms with Crippen LogP contribution in [-0.2, 0) is 39.0 Å². The number of hydrogen-bond acceptors (Lipinski definition) is 0. The Kier molecular flexibility index (Phi) is 18.3. The molecule has 0 nitrogen and oxygen atoms in total. The molecule has 2 heteroatoms. The number of rotatable bonds is 3. The van der Waals surface area contributed by atoms with Gasteiger partial charge in [0, 0.05) is 9.52 Å². The fourth-order valence-electron chi connectivity index (χ4n) is 2.77. The Morgan fingerprint density at radius 1 is 0.806 bits per heavy atom. The monoisotopic (exact) mass is 503 g/mol. The van der Waals surface area contributed by atoms with E-state index in [0.29, 0.717) is 0 Å². The average Bonchev–Trinajstić information content (AvgIpc) is 3.46. The summed E-state index contributed by atoms with van der Waals surface area (Å²) in [5, 5.41) is 0. The first kappa shape index (κ1) is 29.5. The third kappa shape index (κ3) is 14.2. The summed E-state index contributed by atoms with van der Waals surface area (Å²) in [6.45, 7) is 10.9. The summed E-state index contributed by atoms with van der Waals surface area (Å²) in [6, 6.07) is 21.2. The van der Waals surface area contributed by atoms with Gasteiger partial charge in [0.05, 0.1) is 0 Å². The van der Waals surface area contributed by atoms with E-state index in [0.717, 1.165) is 35.2 Å². The molecule has 161 valence electrons. The second-order valence-electron chi connectivity index (χ2n) is 7.44. The summed E-state index contributed by atoms with van der Waals surface area (Å²) in [6.07, 6.45) is 16.6. The summed E-state index contributed by atoms with van der Waals surface area (Å²) in [7, 11) is 0.750.